The number of halogens is 1. The fourth-order valence-corrected chi connectivity index (χ4v) is 1.57. The average Bonchev–Trinajstić information content (AvgIpc) is 2.33. The Kier molecular flexibility index (Phi) is 3.77. The molecule has 0 radical (unpaired) electrons. The smallest absolute Gasteiger partial charge is 0.330 e. The number of ether oxygens (including phenoxy) is 2. The van der Waals surface area contributed by atoms with Crippen molar-refractivity contribution in [2.24, 2.45) is 5.41 Å². The summed E-state index contributed by atoms with van der Waals surface area (Å²) in [5, 5.41) is 0. The van der Waals surface area contributed by atoms with Gasteiger partial charge in [0.15, 0.2) is 0 Å². The highest BCUT2D eigenvalue weighted by atomic mass is 19.1. The summed E-state index contributed by atoms with van der Waals surface area (Å²) < 4.78 is 22.8. The van der Waals surface area contributed by atoms with Crippen LogP contribution in [0.4, 0.5) is 4.39 Å². The van der Waals surface area contributed by atoms with E-state index in [0.29, 0.717) is 19.8 Å². The van der Waals surface area contributed by atoms with Gasteiger partial charge in [0.25, 0.3) is 0 Å². The largest absolute Gasteiger partial charge is 0.462 e. The van der Waals surface area contributed by atoms with Gasteiger partial charge in [-0.05, 0) is 23.8 Å². The number of carbonyl (C=O) groups is 1. The van der Waals surface area contributed by atoms with Gasteiger partial charge < -0.3 is 9.47 Å². The Bertz CT molecular complexity index is 447. The van der Waals surface area contributed by atoms with Crippen molar-refractivity contribution < 1.29 is 18.7 Å². The van der Waals surface area contributed by atoms with E-state index in [1.807, 2.05) is 6.92 Å². The van der Waals surface area contributed by atoms with Gasteiger partial charge in [0.2, 0.25) is 0 Å². The average molecular weight is 250 g/mol. The molecule has 1 aliphatic rings. The van der Waals surface area contributed by atoms with Crippen LogP contribution in [0.25, 0.3) is 6.08 Å². The van der Waals surface area contributed by atoms with Crippen LogP contribution in [-0.2, 0) is 14.3 Å². The Morgan fingerprint density at radius 3 is 2.67 bits per heavy atom. The highest BCUT2D eigenvalue weighted by Gasteiger charge is 2.34. The van der Waals surface area contributed by atoms with E-state index in [1.54, 1.807) is 18.2 Å². The SMILES string of the molecule is CC1(COC(=O)/C=C/c2ccc(F)cc2)COC1. The molecule has 0 spiro atoms. The molecule has 0 saturated carbocycles. The number of hydrogen-bond donors (Lipinski definition) is 0. The van der Waals surface area contributed by atoms with Crippen LogP contribution >= 0.6 is 0 Å². The van der Waals surface area contributed by atoms with E-state index in [4.69, 9.17) is 9.47 Å². The Morgan fingerprint density at radius 1 is 1.44 bits per heavy atom. The molecule has 0 bridgehead atoms. The van der Waals surface area contributed by atoms with Crippen LogP contribution in [0.1, 0.15) is 12.5 Å². The zero-order valence-corrected chi connectivity index (χ0v) is 10.2. The second kappa shape index (κ2) is 5.31. The van der Waals surface area contributed by atoms with Crippen LogP contribution in [0.2, 0.25) is 0 Å². The maximum Gasteiger partial charge on any atom is 0.330 e. The minimum atomic E-state index is -0.396. The van der Waals surface area contributed by atoms with Crippen molar-refractivity contribution >= 4 is 12.0 Å². The summed E-state index contributed by atoms with van der Waals surface area (Å²) in [6, 6.07) is 5.88. The predicted octanol–water partition coefficient (Wildman–Crippen LogP) is 2.42. The van der Waals surface area contributed by atoms with E-state index < -0.39 is 5.97 Å². The maximum atomic E-state index is 12.7. The second-order valence-corrected chi connectivity index (χ2v) is 4.80. The standard InChI is InChI=1S/C14H15FO3/c1-14(8-17-9-14)10-18-13(16)7-4-11-2-5-12(15)6-3-11/h2-7H,8-10H2,1H3/b7-4+. The molecule has 0 unspecified atom stereocenters. The highest BCUT2D eigenvalue weighted by molar-refractivity contribution is 5.87. The first kappa shape index (κ1) is 12.8. The van der Waals surface area contributed by atoms with Gasteiger partial charge >= 0.3 is 5.97 Å². The fraction of sp³-hybridized carbons (Fsp3) is 0.357. The molecule has 0 N–H and O–H groups in total. The van der Waals surface area contributed by atoms with Crippen molar-refractivity contribution in [3.63, 3.8) is 0 Å². The van der Waals surface area contributed by atoms with Crippen LogP contribution in [0.3, 0.4) is 0 Å². The second-order valence-electron chi connectivity index (χ2n) is 4.80. The topological polar surface area (TPSA) is 35.5 Å². The summed E-state index contributed by atoms with van der Waals surface area (Å²) in [4.78, 5) is 11.4. The first-order chi connectivity index (χ1) is 8.57. The van der Waals surface area contributed by atoms with Gasteiger partial charge in [-0.2, -0.15) is 0 Å². The van der Waals surface area contributed by atoms with Gasteiger partial charge in [-0.25, -0.2) is 9.18 Å². The first-order valence-corrected chi connectivity index (χ1v) is 5.76. The Labute approximate surface area is 105 Å². The zero-order chi connectivity index (χ0) is 13.0. The first-order valence-electron chi connectivity index (χ1n) is 5.76. The van der Waals surface area contributed by atoms with E-state index in [9.17, 15) is 9.18 Å². The summed E-state index contributed by atoms with van der Waals surface area (Å²) in [5.41, 5.74) is 0.714. The van der Waals surface area contributed by atoms with E-state index in [-0.39, 0.29) is 11.2 Å². The quantitative estimate of drug-likeness (QED) is 0.608. The minimum Gasteiger partial charge on any atom is -0.462 e. The van der Waals surface area contributed by atoms with Gasteiger partial charge in [0.1, 0.15) is 12.4 Å². The molecule has 1 aromatic rings. The summed E-state index contributed by atoms with van der Waals surface area (Å²) in [6.45, 7) is 3.62. The fourth-order valence-electron chi connectivity index (χ4n) is 1.57. The molecule has 4 heteroatoms. The van der Waals surface area contributed by atoms with Crippen LogP contribution in [0, 0.1) is 11.2 Å². The van der Waals surface area contributed by atoms with Crippen molar-refractivity contribution in [3.8, 4) is 0 Å². The van der Waals surface area contributed by atoms with Crippen LogP contribution in [0.5, 0.6) is 0 Å². The van der Waals surface area contributed by atoms with Crippen LogP contribution in [-0.4, -0.2) is 25.8 Å². The number of benzene rings is 1. The lowest BCUT2D eigenvalue weighted by Crippen LogP contribution is -2.43. The molecule has 3 nitrogen and oxygen atoms in total. The maximum absolute atomic E-state index is 12.7. The minimum absolute atomic E-state index is 0.0423. The molecule has 18 heavy (non-hydrogen) atoms. The molecule has 0 aromatic heterocycles. The molecule has 1 saturated heterocycles. The van der Waals surface area contributed by atoms with Gasteiger partial charge in [-0.15, -0.1) is 0 Å². The molecule has 1 aromatic carbocycles. The summed E-state index contributed by atoms with van der Waals surface area (Å²) in [5.74, 6) is -0.694. The third kappa shape index (κ3) is 3.40. The summed E-state index contributed by atoms with van der Waals surface area (Å²) in [7, 11) is 0. The van der Waals surface area contributed by atoms with Gasteiger partial charge in [0.05, 0.1) is 13.2 Å². The van der Waals surface area contributed by atoms with E-state index in [0.717, 1.165) is 5.56 Å². The van der Waals surface area contributed by atoms with E-state index in [2.05, 4.69) is 0 Å². The normalized spacial score (nSPS) is 17.4. The van der Waals surface area contributed by atoms with E-state index >= 15 is 0 Å². The number of hydrogen-bond acceptors (Lipinski definition) is 3. The number of esters is 1. The Balaban J connectivity index is 1.81. The lowest BCUT2D eigenvalue weighted by Gasteiger charge is -2.36. The highest BCUT2D eigenvalue weighted by Crippen LogP contribution is 2.26. The molecule has 2 rings (SSSR count). The van der Waals surface area contributed by atoms with Crippen molar-refractivity contribution in [3.05, 3.63) is 41.7 Å². The Hall–Kier alpha value is -1.68. The number of carbonyl (C=O) groups excluding carboxylic acids is 1. The van der Waals surface area contributed by atoms with Crippen molar-refractivity contribution in [1.29, 1.82) is 0 Å². The number of rotatable bonds is 4. The molecule has 0 amide bonds. The molecule has 0 aliphatic carbocycles. The molecule has 1 heterocycles. The van der Waals surface area contributed by atoms with E-state index in [1.165, 1.54) is 18.2 Å². The Morgan fingerprint density at radius 2 is 2.11 bits per heavy atom. The monoisotopic (exact) mass is 250 g/mol. The third-order valence-electron chi connectivity index (χ3n) is 2.75. The summed E-state index contributed by atoms with van der Waals surface area (Å²) in [6.07, 6.45) is 2.94. The third-order valence-corrected chi connectivity index (χ3v) is 2.75. The van der Waals surface area contributed by atoms with Crippen molar-refractivity contribution in [2.75, 3.05) is 19.8 Å². The van der Waals surface area contributed by atoms with Gasteiger partial charge in [-0.1, -0.05) is 19.1 Å². The van der Waals surface area contributed by atoms with Gasteiger partial charge in [-0.3, -0.25) is 0 Å². The lowest BCUT2D eigenvalue weighted by atomic mass is 9.90. The van der Waals surface area contributed by atoms with Gasteiger partial charge in [0, 0.05) is 11.5 Å². The van der Waals surface area contributed by atoms with Crippen molar-refractivity contribution in [2.45, 2.75) is 6.92 Å². The lowest BCUT2D eigenvalue weighted by molar-refractivity contribution is -0.160. The molecule has 0 atom stereocenters. The van der Waals surface area contributed by atoms with Crippen LogP contribution in [0.15, 0.2) is 30.3 Å². The molecule has 1 fully saturated rings. The summed E-state index contributed by atoms with van der Waals surface area (Å²) >= 11 is 0. The molecular weight excluding hydrogens is 235 g/mol. The molecule has 96 valence electrons. The molecule has 1 aliphatic heterocycles. The molecular formula is C14H15FO3. The predicted molar refractivity (Wildman–Crippen MR) is 65.3 cm³/mol. The van der Waals surface area contributed by atoms with Crippen molar-refractivity contribution in [1.82, 2.24) is 0 Å². The van der Waals surface area contributed by atoms with Crippen LogP contribution < -0.4 is 0 Å². The zero-order valence-electron chi connectivity index (χ0n) is 10.2.